The summed E-state index contributed by atoms with van der Waals surface area (Å²) in [6.07, 6.45) is 3.84. The lowest BCUT2D eigenvalue weighted by atomic mass is 10.0. The number of halogens is 1. The van der Waals surface area contributed by atoms with Gasteiger partial charge < -0.3 is 9.72 Å². The first-order valence-electron chi connectivity index (χ1n) is 10.5. The molecular weight excluding hydrogens is 442 g/mol. The van der Waals surface area contributed by atoms with E-state index < -0.39 is 11.2 Å². The molecule has 1 aliphatic carbocycles. The number of carbonyl (C=O) groups is 1. The molecule has 1 saturated carbocycles. The van der Waals surface area contributed by atoms with Crippen molar-refractivity contribution in [2.75, 3.05) is 7.11 Å². The maximum Gasteiger partial charge on any atom is 0.333 e. The fourth-order valence-corrected chi connectivity index (χ4v) is 4.62. The average Bonchev–Trinajstić information content (AvgIpc) is 3.60. The van der Waals surface area contributed by atoms with Crippen LogP contribution in [0.3, 0.4) is 0 Å². The number of aromatic nitrogens is 3. The Balaban J connectivity index is 1.62. The molecule has 0 unspecified atom stereocenters. The summed E-state index contributed by atoms with van der Waals surface area (Å²) < 4.78 is 5.93. The van der Waals surface area contributed by atoms with E-state index in [1.807, 2.05) is 25.1 Å². The summed E-state index contributed by atoms with van der Waals surface area (Å²) in [5, 5.41) is 0.949. The Hall–Kier alpha value is -3.71. The SMILES string of the molecule is COC(=O)[C@H]1C[C@@H]1c1cncc(-n2c(=O)[nH]c3cc(-c4ccccc4Cl)ccc3c2=O)c1C. The lowest BCUT2D eigenvalue weighted by molar-refractivity contribution is -0.142. The molecule has 0 bridgehead atoms. The number of H-pyrrole nitrogens is 1. The number of fused-ring (bicyclic) bond motifs is 1. The molecule has 0 radical (unpaired) electrons. The van der Waals surface area contributed by atoms with Crippen molar-refractivity contribution >= 4 is 28.5 Å². The molecule has 2 atom stereocenters. The number of carbonyl (C=O) groups excluding carboxylic acids is 1. The van der Waals surface area contributed by atoms with Crippen LogP contribution in [-0.4, -0.2) is 27.6 Å². The van der Waals surface area contributed by atoms with Crippen LogP contribution in [0.25, 0.3) is 27.7 Å². The zero-order valence-corrected chi connectivity index (χ0v) is 18.7. The van der Waals surface area contributed by atoms with E-state index in [-0.39, 0.29) is 17.8 Å². The normalized spacial score (nSPS) is 17.2. The van der Waals surface area contributed by atoms with Gasteiger partial charge >= 0.3 is 11.7 Å². The molecule has 2 heterocycles. The Labute approximate surface area is 193 Å². The molecule has 8 heteroatoms. The van der Waals surface area contributed by atoms with E-state index >= 15 is 0 Å². The fourth-order valence-electron chi connectivity index (χ4n) is 4.38. The fraction of sp³-hybridized carbons (Fsp3) is 0.200. The van der Waals surface area contributed by atoms with Crippen LogP contribution in [0.5, 0.6) is 0 Å². The van der Waals surface area contributed by atoms with Crippen LogP contribution in [0, 0.1) is 12.8 Å². The Bertz CT molecular complexity index is 1540. The van der Waals surface area contributed by atoms with Gasteiger partial charge in [0.05, 0.1) is 35.8 Å². The maximum absolute atomic E-state index is 13.3. The molecule has 0 amide bonds. The third-order valence-corrected chi connectivity index (χ3v) is 6.57. The molecule has 5 rings (SSSR count). The molecule has 1 N–H and O–H groups in total. The van der Waals surface area contributed by atoms with Crippen molar-refractivity contribution in [2.45, 2.75) is 19.3 Å². The van der Waals surface area contributed by atoms with Gasteiger partial charge in [-0.15, -0.1) is 0 Å². The number of rotatable bonds is 4. The van der Waals surface area contributed by atoms with Gasteiger partial charge in [-0.05, 0) is 54.2 Å². The van der Waals surface area contributed by atoms with Gasteiger partial charge in [0.2, 0.25) is 0 Å². The van der Waals surface area contributed by atoms with Crippen LogP contribution in [0.15, 0.2) is 64.4 Å². The minimum absolute atomic E-state index is 0.0293. The third kappa shape index (κ3) is 3.54. The largest absolute Gasteiger partial charge is 0.469 e. The molecule has 2 aromatic heterocycles. The molecule has 2 aromatic carbocycles. The van der Waals surface area contributed by atoms with Crippen LogP contribution in [-0.2, 0) is 9.53 Å². The number of nitrogens with zero attached hydrogens (tertiary/aromatic N) is 2. The van der Waals surface area contributed by atoms with Crippen LogP contribution >= 0.6 is 11.6 Å². The summed E-state index contributed by atoms with van der Waals surface area (Å²) >= 11 is 6.31. The zero-order valence-electron chi connectivity index (χ0n) is 18.0. The van der Waals surface area contributed by atoms with Crippen LogP contribution in [0.4, 0.5) is 0 Å². The van der Waals surface area contributed by atoms with Gasteiger partial charge in [-0.3, -0.25) is 14.6 Å². The number of pyridine rings is 1. The number of ether oxygens (including phenoxy) is 1. The lowest BCUT2D eigenvalue weighted by Gasteiger charge is -2.13. The molecular formula is C25H20ClN3O4. The number of methoxy groups -OCH3 is 1. The van der Waals surface area contributed by atoms with Gasteiger partial charge in [0, 0.05) is 16.8 Å². The second-order valence-corrected chi connectivity index (χ2v) is 8.56. The number of aromatic amines is 1. The van der Waals surface area contributed by atoms with Gasteiger partial charge in [-0.25, -0.2) is 9.36 Å². The molecule has 1 fully saturated rings. The first kappa shape index (κ1) is 21.2. The first-order chi connectivity index (χ1) is 15.9. The predicted molar refractivity (Wildman–Crippen MR) is 126 cm³/mol. The monoisotopic (exact) mass is 461 g/mol. The van der Waals surface area contributed by atoms with Crippen LogP contribution in [0.2, 0.25) is 5.02 Å². The van der Waals surface area contributed by atoms with Gasteiger partial charge in [0.25, 0.3) is 5.56 Å². The summed E-state index contributed by atoms with van der Waals surface area (Å²) in [7, 11) is 1.37. The number of esters is 1. The van der Waals surface area contributed by atoms with E-state index in [1.165, 1.54) is 13.3 Å². The molecule has 0 saturated heterocycles. The summed E-state index contributed by atoms with van der Waals surface area (Å²) in [6.45, 7) is 1.83. The van der Waals surface area contributed by atoms with Crippen molar-refractivity contribution in [3.05, 3.63) is 91.8 Å². The third-order valence-electron chi connectivity index (χ3n) is 6.25. The van der Waals surface area contributed by atoms with Gasteiger partial charge in [-0.1, -0.05) is 35.9 Å². The van der Waals surface area contributed by atoms with Crippen LogP contribution in [0.1, 0.15) is 23.5 Å². The van der Waals surface area contributed by atoms with Crippen LogP contribution < -0.4 is 11.2 Å². The van der Waals surface area contributed by atoms with Crippen molar-refractivity contribution in [3.8, 4) is 16.8 Å². The van der Waals surface area contributed by atoms with E-state index in [0.717, 1.165) is 26.8 Å². The van der Waals surface area contributed by atoms with Gasteiger partial charge in [0.15, 0.2) is 0 Å². The second-order valence-electron chi connectivity index (χ2n) is 8.16. The number of benzene rings is 2. The van der Waals surface area contributed by atoms with E-state index in [0.29, 0.717) is 28.0 Å². The number of hydrogen-bond acceptors (Lipinski definition) is 5. The first-order valence-corrected chi connectivity index (χ1v) is 10.8. The van der Waals surface area contributed by atoms with Crippen molar-refractivity contribution in [1.82, 2.24) is 14.5 Å². The highest BCUT2D eigenvalue weighted by atomic mass is 35.5. The standard InChI is InChI=1S/C25H20ClN3O4/c1-13-19(17-10-18(17)24(31)33-2)11-27-12-22(13)29-23(30)16-8-7-14(9-21(16)28-25(29)32)15-5-3-4-6-20(15)26/h3-9,11-12,17-18H,10H2,1-2H3,(H,28,32)/t17-,18-/m0/s1. The Morgan fingerprint density at radius 3 is 2.73 bits per heavy atom. The average molecular weight is 462 g/mol. The van der Waals surface area contributed by atoms with E-state index in [2.05, 4.69) is 9.97 Å². The Morgan fingerprint density at radius 2 is 1.97 bits per heavy atom. The highest BCUT2D eigenvalue weighted by Crippen LogP contribution is 2.49. The molecule has 0 aliphatic heterocycles. The smallest absolute Gasteiger partial charge is 0.333 e. The molecule has 4 aromatic rings. The molecule has 7 nitrogen and oxygen atoms in total. The summed E-state index contributed by atoms with van der Waals surface area (Å²) in [5.41, 5.74) is 2.99. The zero-order chi connectivity index (χ0) is 23.3. The molecule has 1 aliphatic rings. The minimum atomic E-state index is -0.564. The topological polar surface area (TPSA) is 94.0 Å². The van der Waals surface area contributed by atoms with E-state index in [4.69, 9.17) is 16.3 Å². The van der Waals surface area contributed by atoms with Crippen molar-refractivity contribution in [1.29, 1.82) is 0 Å². The Morgan fingerprint density at radius 1 is 1.18 bits per heavy atom. The highest BCUT2D eigenvalue weighted by Gasteiger charge is 2.46. The highest BCUT2D eigenvalue weighted by molar-refractivity contribution is 6.33. The van der Waals surface area contributed by atoms with Crippen molar-refractivity contribution in [2.24, 2.45) is 5.92 Å². The van der Waals surface area contributed by atoms with E-state index in [1.54, 1.807) is 30.5 Å². The quantitative estimate of drug-likeness (QED) is 0.464. The minimum Gasteiger partial charge on any atom is -0.469 e. The summed E-state index contributed by atoms with van der Waals surface area (Å²) in [4.78, 5) is 45.3. The molecule has 33 heavy (non-hydrogen) atoms. The molecule has 0 spiro atoms. The Kier molecular flexibility index (Phi) is 5.13. The molecule has 166 valence electrons. The maximum atomic E-state index is 13.3. The van der Waals surface area contributed by atoms with Gasteiger partial charge in [0.1, 0.15) is 0 Å². The lowest BCUT2D eigenvalue weighted by Crippen LogP contribution is -2.34. The van der Waals surface area contributed by atoms with Crippen molar-refractivity contribution in [3.63, 3.8) is 0 Å². The number of hydrogen-bond donors (Lipinski definition) is 1. The van der Waals surface area contributed by atoms with Gasteiger partial charge in [-0.2, -0.15) is 0 Å². The van der Waals surface area contributed by atoms with Crippen molar-refractivity contribution < 1.29 is 9.53 Å². The number of nitrogens with one attached hydrogen (secondary N) is 1. The second kappa shape index (κ2) is 8.01. The summed E-state index contributed by atoms with van der Waals surface area (Å²) in [6, 6.07) is 12.6. The predicted octanol–water partition coefficient (Wildman–Crippen LogP) is 3.98. The summed E-state index contributed by atoms with van der Waals surface area (Å²) in [5.74, 6) is -0.515. The van der Waals surface area contributed by atoms with E-state index in [9.17, 15) is 14.4 Å².